The first-order valence-electron chi connectivity index (χ1n) is 9.75. The summed E-state index contributed by atoms with van der Waals surface area (Å²) in [7, 11) is -0.553. The number of methoxy groups -OCH3 is 2. The highest BCUT2D eigenvalue weighted by Crippen LogP contribution is 2.36. The minimum atomic E-state index is -3.67. The normalized spacial score (nSPS) is 12.4. The first-order chi connectivity index (χ1) is 14.9. The third-order valence-corrected chi connectivity index (χ3v) is 6.56. The number of fused-ring (bicyclic) bond motifs is 1. The Morgan fingerprint density at radius 1 is 1.06 bits per heavy atom. The minimum absolute atomic E-state index is 0.0793. The number of sulfonamides is 1. The fourth-order valence-corrected chi connectivity index (χ4v) is 4.18. The summed E-state index contributed by atoms with van der Waals surface area (Å²) in [5.41, 5.74) is 1.30. The van der Waals surface area contributed by atoms with Crippen molar-refractivity contribution in [2.24, 2.45) is 0 Å². The average Bonchev–Trinajstić information content (AvgIpc) is 3.25. The van der Waals surface area contributed by atoms with Gasteiger partial charge in [-0.05, 0) is 43.2 Å². The van der Waals surface area contributed by atoms with Crippen molar-refractivity contribution in [1.82, 2.24) is 5.32 Å². The molecule has 10 heteroatoms. The smallest absolute Gasteiger partial charge is 0.240 e. The Bertz CT molecular complexity index is 1040. The Morgan fingerprint density at radius 3 is 2.52 bits per heavy atom. The molecule has 0 saturated heterocycles. The van der Waals surface area contributed by atoms with Crippen LogP contribution in [0.4, 0.5) is 5.69 Å². The number of ether oxygens (including phenoxy) is 4. The lowest BCUT2D eigenvalue weighted by Gasteiger charge is -2.23. The number of nitrogens with one attached hydrogen (secondary N) is 1. The molecule has 1 aliphatic rings. The highest BCUT2D eigenvalue weighted by molar-refractivity contribution is 7.92. The fourth-order valence-electron chi connectivity index (χ4n) is 3.12. The van der Waals surface area contributed by atoms with Crippen LogP contribution >= 0.6 is 0 Å². The highest BCUT2D eigenvalue weighted by Gasteiger charge is 2.25. The maximum Gasteiger partial charge on any atom is 0.240 e. The van der Waals surface area contributed by atoms with Gasteiger partial charge in [-0.25, -0.2) is 8.42 Å². The molecule has 0 radical (unpaired) electrons. The van der Waals surface area contributed by atoms with Crippen LogP contribution < -0.4 is 28.6 Å². The summed E-state index contributed by atoms with van der Waals surface area (Å²) in [6.45, 7) is 1.62. The van der Waals surface area contributed by atoms with Gasteiger partial charge in [0, 0.05) is 12.6 Å². The summed E-state index contributed by atoms with van der Waals surface area (Å²) in [5.74, 6) is 1.67. The van der Waals surface area contributed by atoms with E-state index in [1.165, 1.54) is 6.92 Å². The number of rotatable bonds is 10. The van der Waals surface area contributed by atoms with Crippen molar-refractivity contribution in [2.45, 2.75) is 13.3 Å². The standard InChI is InChI=1S/C21H26N2O7S/c1-4-31(25,26)23(16-6-8-18-20(12-16)30-14-29-18)13-21(24)22-10-9-15-5-7-17(27-2)19(11-15)28-3/h5-8,11-12H,4,9-10,13-14H2,1-3H3,(H,22,24). The van der Waals surface area contributed by atoms with Gasteiger partial charge in [0.2, 0.25) is 22.7 Å². The van der Waals surface area contributed by atoms with E-state index in [1.54, 1.807) is 38.5 Å². The molecule has 1 N–H and O–H groups in total. The van der Waals surface area contributed by atoms with Crippen LogP contribution in [-0.4, -0.2) is 54.2 Å². The molecule has 0 saturated carbocycles. The van der Waals surface area contributed by atoms with Crippen molar-refractivity contribution in [1.29, 1.82) is 0 Å². The number of carbonyl (C=O) groups excluding carboxylic acids is 1. The van der Waals surface area contributed by atoms with Gasteiger partial charge in [0.1, 0.15) is 6.54 Å². The Labute approximate surface area is 181 Å². The van der Waals surface area contributed by atoms with Crippen LogP contribution in [0.5, 0.6) is 23.0 Å². The number of nitrogens with zero attached hydrogens (tertiary/aromatic N) is 1. The van der Waals surface area contributed by atoms with Crippen LogP contribution in [0.25, 0.3) is 0 Å². The highest BCUT2D eigenvalue weighted by atomic mass is 32.2. The van der Waals surface area contributed by atoms with Crippen molar-refractivity contribution >= 4 is 21.6 Å². The molecule has 1 heterocycles. The van der Waals surface area contributed by atoms with Crippen molar-refractivity contribution in [2.75, 3.05) is 44.2 Å². The van der Waals surface area contributed by atoms with Crippen molar-refractivity contribution in [3.8, 4) is 23.0 Å². The molecular formula is C21H26N2O7S. The van der Waals surface area contributed by atoms with Crippen LogP contribution in [0.15, 0.2) is 36.4 Å². The average molecular weight is 451 g/mol. The van der Waals surface area contributed by atoms with Crippen LogP contribution in [0.3, 0.4) is 0 Å². The number of carbonyl (C=O) groups is 1. The van der Waals surface area contributed by atoms with Crippen LogP contribution in [0.1, 0.15) is 12.5 Å². The largest absolute Gasteiger partial charge is 0.493 e. The Morgan fingerprint density at radius 2 is 1.81 bits per heavy atom. The summed E-state index contributed by atoms with van der Waals surface area (Å²) in [4.78, 5) is 12.5. The summed E-state index contributed by atoms with van der Waals surface area (Å²) >= 11 is 0. The Kier molecular flexibility index (Phi) is 7.11. The number of anilines is 1. The zero-order valence-corrected chi connectivity index (χ0v) is 18.5. The molecule has 0 aliphatic carbocycles. The minimum Gasteiger partial charge on any atom is -0.493 e. The molecule has 168 valence electrons. The number of hydrogen-bond acceptors (Lipinski definition) is 7. The first-order valence-corrected chi connectivity index (χ1v) is 11.4. The molecule has 0 bridgehead atoms. The lowest BCUT2D eigenvalue weighted by Crippen LogP contribution is -2.42. The molecule has 0 atom stereocenters. The molecule has 0 unspecified atom stereocenters. The number of amides is 1. The van der Waals surface area contributed by atoms with E-state index in [1.807, 2.05) is 12.1 Å². The van der Waals surface area contributed by atoms with E-state index in [4.69, 9.17) is 18.9 Å². The number of hydrogen-bond donors (Lipinski definition) is 1. The van der Waals surface area contributed by atoms with Crippen molar-refractivity contribution in [3.63, 3.8) is 0 Å². The second-order valence-corrected chi connectivity index (χ2v) is 8.92. The van der Waals surface area contributed by atoms with Crippen molar-refractivity contribution < 1.29 is 32.2 Å². The molecule has 0 aromatic heterocycles. The molecule has 3 rings (SSSR count). The van der Waals surface area contributed by atoms with Crippen LogP contribution in [0.2, 0.25) is 0 Å². The Hall–Kier alpha value is -3.14. The summed E-state index contributed by atoms with van der Waals surface area (Å²) in [6.07, 6.45) is 0.552. The van der Waals surface area contributed by atoms with Gasteiger partial charge >= 0.3 is 0 Å². The zero-order valence-electron chi connectivity index (χ0n) is 17.7. The maximum atomic E-state index is 12.6. The van der Waals surface area contributed by atoms with Crippen LogP contribution in [0, 0.1) is 0 Å². The summed E-state index contributed by atoms with van der Waals surface area (Å²) in [6, 6.07) is 10.3. The van der Waals surface area contributed by atoms with Gasteiger partial charge in [-0.15, -0.1) is 0 Å². The van der Waals surface area contributed by atoms with Gasteiger partial charge in [0.15, 0.2) is 23.0 Å². The molecule has 2 aromatic rings. The van der Waals surface area contributed by atoms with Gasteiger partial charge in [-0.1, -0.05) is 6.07 Å². The van der Waals surface area contributed by atoms with Gasteiger partial charge in [-0.3, -0.25) is 9.10 Å². The van der Waals surface area contributed by atoms with E-state index in [9.17, 15) is 13.2 Å². The summed E-state index contributed by atoms with van der Waals surface area (Å²) < 4.78 is 47.4. The molecule has 0 fully saturated rings. The molecule has 9 nitrogen and oxygen atoms in total. The quantitative estimate of drug-likeness (QED) is 0.590. The Balaban J connectivity index is 1.65. The maximum absolute atomic E-state index is 12.6. The summed E-state index contributed by atoms with van der Waals surface area (Å²) in [5, 5.41) is 2.77. The fraction of sp³-hybridized carbons (Fsp3) is 0.381. The van der Waals surface area contributed by atoms with E-state index in [0.717, 1.165) is 9.87 Å². The predicted octanol–water partition coefficient (Wildman–Crippen LogP) is 1.95. The molecule has 1 aliphatic heterocycles. The third-order valence-electron chi connectivity index (χ3n) is 4.82. The van der Waals surface area contributed by atoms with E-state index in [2.05, 4.69) is 5.32 Å². The van der Waals surface area contributed by atoms with E-state index >= 15 is 0 Å². The lowest BCUT2D eigenvalue weighted by atomic mass is 10.1. The lowest BCUT2D eigenvalue weighted by molar-refractivity contribution is -0.119. The molecule has 0 spiro atoms. The van der Waals surface area contributed by atoms with Crippen molar-refractivity contribution in [3.05, 3.63) is 42.0 Å². The van der Waals surface area contributed by atoms with Gasteiger partial charge < -0.3 is 24.3 Å². The van der Waals surface area contributed by atoms with E-state index in [-0.39, 0.29) is 19.1 Å². The molecular weight excluding hydrogens is 424 g/mol. The van der Waals surface area contributed by atoms with Gasteiger partial charge in [-0.2, -0.15) is 0 Å². The SMILES string of the molecule is CCS(=O)(=O)N(CC(=O)NCCc1ccc(OC)c(OC)c1)c1ccc2c(c1)OCO2. The molecule has 31 heavy (non-hydrogen) atoms. The van der Waals surface area contributed by atoms with Crippen LogP contribution in [-0.2, 0) is 21.2 Å². The molecule has 1 amide bonds. The predicted molar refractivity (Wildman–Crippen MR) is 116 cm³/mol. The molecule has 2 aromatic carbocycles. The topological polar surface area (TPSA) is 103 Å². The van der Waals surface area contributed by atoms with E-state index in [0.29, 0.717) is 41.7 Å². The second-order valence-electron chi connectivity index (χ2n) is 6.73. The number of benzene rings is 2. The third kappa shape index (κ3) is 5.32. The first kappa shape index (κ1) is 22.5. The second kappa shape index (κ2) is 9.78. The monoisotopic (exact) mass is 450 g/mol. The zero-order chi connectivity index (χ0) is 22.4. The van der Waals surface area contributed by atoms with Gasteiger partial charge in [0.05, 0.1) is 25.7 Å². The van der Waals surface area contributed by atoms with E-state index < -0.39 is 15.9 Å². The van der Waals surface area contributed by atoms with Gasteiger partial charge in [0.25, 0.3) is 0 Å².